The molecule has 1 aromatic carbocycles. The normalized spacial score (nSPS) is 11.5. The van der Waals surface area contributed by atoms with Gasteiger partial charge < -0.3 is 4.74 Å². The maximum absolute atomic E-state index is 11.9. The monoisotopic (exact) mass is 332 g/mol. The Hall–Kier alpha value is -0.230. The van der Waals surface area contributed by atoms with E-state index in [1.165, 1.54) is 12.1 Å². The first kappa shape index (κ1) is 11.8. The molecular formula is C8H5Br2F3O. The van der Waals surface area contributed by atoms with Gasteiger partial charge in [0.1, 0.15) is 5.75 Å². The van der Waals surface area contributed by atoms with E-state index in [0.29, 0.717) is 15.4 Å². The van der Waals surface area contributed by atoms with Crippen molar-refractivity contribution in [3.8, 4) is 5.75 Å². The molecule has 0 bridgehead atoms. The highest BCUT2D eigenvalue weighted by atomic mass is 79.9. The van der Waals surface area contributed by atoms with Crippen LogP contribution < -0.4 is 4.74 Å². The van der Waals surface area contributed by atoms with Crippen LogP contribution in [0.4, 0.5) is 13.2 Å². The maximum atomic E-state index is 11.9. The van der Waals surface area contributed by atoms with E-state index in [1.807, 2.05) is 0 Å². The third-order valence-electron chi connectivity index (χ3n) is 1.44. The van der Waals surface area contributed by atoms with Gasteiger partial charge in [-0.25, -0.2) is 0 Å². The van der Waals surface area contributed by atoms with E-state index in [1.54, 1.807) is 6.07 Å². The van der Waals surface area contributed by atoms with Gasteiger partial charge in [-0.05, 0) is 12.1 Å². The summed E-state index contributed by atoms with van der Waals surface area (Å²) in [5.41, 5.74) is 0.435. The van der Waals surface area contributed by atoms with Crippen molar-refractivity contribution in [1.29, 1.82) is 0 Å². The average molecular weight is 334 g/mol. The summed E-state index contributed by atoms with van der Waals surface area (Å²) in [7, 11) is 0. The molecule has 6 heteroatoms. The lowest BCUT2D eigenvalue weighted by Crippen LogP contribution is -2.18. The first-order chi connectivity index (χ1) is 6.44. The Morgan fingerprint density at radius 3 is 2.43 bits per heavy atom. The van der Waals surface area contributed by atoms with Crippen molar-refractivity contribution in [1.82, 2.24) is 0 Å². The summed E-state index contributed by atoms with van der Waals surface area (Å²) in [6.45, 7) is 0. The van der Waals surface area contributed by atoms with Gasteiger partial charge >= 0.3 is 6.36 Å². The summed E-state index contributed by atoms with van der Waals surface area (Å²) in [5.74, 6) is -0.191. The number of rotatable bonds is 2. The van der Waals surface area contributed by atoms with Crippen LogP contribution in [-0.4, -0.2) is 6.36 Å². The molecule has 0 aliphatic carbocycles. The highest BCUT2D eigenvalue weighted by Crippen LogP contribution is 2.32. The van der Waals surface area contributed by atoms with Gasteiger partial charge in [0.05, 0.1) is 0 Å². The topological polar surface area (TPSA) is 9.23 Å². The Bertz CT molecular complexity index is 325. The summed E-state index contributed by atoms with van der Waals surface area (Å²) in [4.78, 5) is 0. The number of halogens is 5. The van der Waals surface area contributed by atoms with E-state index < -0.39 is 6.36 Å². The average Bonchev–Trinajstić information content (AvgIpc) is 2.01. The minimum absolute atomic E-state index is 0.191. The zero-order chi connectivity index (χ0) is 10.8. The molecule has 0 heterocycles. The van der Waals surface area contributed by atoms with E-state index in [-0.39, 0.29) is 5.75 Å². The molecule has 14 heavy (non-hydrogen) atoms. The van der Waals surface area contributed by atoms with Gasteiger partial charge in [-0.2, -0.15) is 0 Å². The molecule has 0 unspecified atom stereocenters. The lowest BCUT2D eigenvalue weighted by atomic mass is 10.2. The summed E-state index contributed by atoms with van der Waals surface area (Å²) in [6, 6.07) is 4.41. The van der Waals surface area contributed by atoms with Crippen LogP contribution in [0.25, 0.3) is 0 Å². The van der Waals surface area contributed by atoms with Gasteiger partial charge in [-0.1, -0.05) is 37.9 Å². The highest BCUT2D eigenvalue weighted by Gasteiger charge is 2.32. The summed E-state index contributed by atoms with van der Waals surface area (Å²) in [6.07, 6.45) is -4.66. The minimum Gasteiger partial charge on any atom is -0.405 e. The Kier molecular flexibility index (Phi) is 3.83. The molecule has 0 saturated heterocycles. The third kappa shape index (κ3) is 3.16. The molecule has 0 aromatic heterocycles. The number of benzene rings is 1. The molecule has 0 radical (unpaired) electrons. The van der Waals surface area contributed by atoms with E-state index in [0.717, 1.165) is 0 Å². The standard InChI is InChI=1S/C8H5Br2F3O/c9-4-5-6(10)2-1-3-7(5)14-8(11,12)13/h1-3H,4H2. The quantitative estimate of drug-likeness (QED) is 0.735. The Morgan fingerprint density at radius 1 is 1.29 bits per heavy atom. The van der Waals surface area contributed by atoms with Crippen molar-refractivity contribution in [3.63, 3.8) is 0 Å². The lowest BCUT2D eigenvalue weighted by Gasteiger charge is -2.12. The molecule has 78 valence electrons. The largest absolute Gasteiger partial charge is 0.573 e. The molecule has 0 spiro atoms. The van der Waals surface area contributed by atoms with Crippen LogP contribution in [0.15, 0.2) is 22.7 Å². The Labute approximate surface area is 95.5 Å². The molecule has 1 aromatic rings. The van der Waals surface area contributed by atoms with Gasteiger partial charge in [0.2, 0.25) is 0 Å². The van der Waals surface area contributed by atoms with Gasteiger partial charge in [-0.15, -0.1) is 13.2 Å². The summed E-state index contributed by atoms with van der Waals surface area (Å²) in [5, 5.41) is 0.292. The molecule has 0 N–H and O–H groups in total. The third-order valence-corrected chi connectivity index (χ3v) is 2.74. The van der Waals surface area contributed by atoms with E-state index in [2.05, 4.69) is 36.6 Å². The number of alkyl halides is 4. The maximum Gasteiger partial charge on any atom is 0.573 e. The predicted molar refractivity (Wildman–Crippen MR) is 53.5 cm³/mol. The zero-order valence-electron chi connectivity index (χ0n) is 6.74. The number of ether oxygens (including phenoxy) is 1. The predicted octanol–water partition coefficient (Wildman–Crippen LogP) is 4.24. The van der Waals surface area contributed by atoms with Gasteiger partial charge in [0.15, 0.2) is 0 Å². The lowest BCUT2D eigenvalue weighted by molar-refractivity contribution is -0.274. The Balaban J connectivity index is 3.02. The fourth-order valence-corrected chi connectivity index (χ4v) is 2.33. The van der Waals surface area contributed by atoms with Crippen molar-refractivity contribution >= 4 is 31.9 Å². The van der Waals surface area contributed by atoms with Gasteiger partial charge in [0.25, 0.3) is 0 Å². The molecule has 0 atom stereocenters. The van der Waals surface area contributed by atoms with Crippen molar-refractivity contribution in [2.75, 3.05) is 0 Å². The summed E-state index contributed by atoms with van der Waals surface area (Å²) >= 11 is 6.23. The van der Waals surface area contributed by atoms with Gasteiger partial charge in [-0.3, -0.25) is 0 Å². The molecular weight excluding hydrogens is 329 g/mol. The van der Waals surface area contributed by atoms with Crippen molar-refractivity contribution < 1.29 is 17.9 Å². The van der Waals surface area contributed by atoms with Crippen molar-refractivity contribution in [2.45, 2.75) is 11.7 Å². The molecule has 1 rings (SSSR count). The second-order valence-corrected chi connectivity index (χ2v) is 3.81. The first-order valence-electron chi connectivity index (χ1n) is 3.53. The van der Waals surface area contributed by atoms with Crippen molar-refractivity contribution in [3.05, 3.63) is 28.2 Å². The second-order valence-electron chi connectivity index (χ2n) is 2.40. The molecule has 0 aliphatic heterocycles. The Morgan fingerprint density at radius 2 is 1.93 bits per heavy atom. The SMILES string of the molecule is FC(F)(F)Oc1cccc(Br)c1CBr. The number of hydrogen-bond acceptors (Lipinski definition) is 1. The van der Waals surface area contributed by atoms with Crippen LogP contribution >= 0.6 is 31.9 Å². The van der Waals surface area contributed by atoms with Crippen molar-refractivity contribution in [2.24, 2.45) is 0 Å². The molecule has 0 amide bonds. The minimum atomic E-state index is -4.66. The fraction of sp³-hybridized carbons (Fsp3) is 0.250. The summed E-state index contributed by atoms with van der Waals surface area (Å²) < 4.78 is 40.2. The van der Waals surface area contributed by atoms with Crippen LogP contribution in [0.5, 0.6) is 5.75 Å². The van der Waals surface area contributed by atoms with Crippen LogP contribution in [0, 0.1) is 0 Å². The first-order valence-corrected chi connectivity index (χ1v) is 5.44. The zero-order valence-corrected chi connectivity index (χ0v) is 9.91. The van der Waals surface area contributed by atoms with E-state index >= 15 is 0 Å². The van der Waals surface area contributed by atoms with Crippen LogP contribution in [0.3, 0.4) is 0 Å². The smallest absolute Gasteiger partial charge is 0.405 e. The second kappa shape index (κ2) is 4.53. The van der Waals surface area contributed by atoms with E-state index in [4.69, 9.17) is 0 Å². The highest BCUT2D eigenvalue weighted by molar-refractivity contribution is 9.10. The van der Waals surface area contributed by atoms with Crippen LogP contribution in [-0.2, 0) is 5.33 Å². The number of hydrogen-bond donors (Lipinski definition) is 0. The fourth-order valence-electron chi connectivity index (χ4n) is 0.889. The van der Waals surface area contributed by atoms with Crippen LogP contribution in [0.2, 0.25) is 0 Å². The van der Waals surface area contributed by atoms with Gasteiger partial charge in [0, 0.05) is 15.4 Å². The van der Waals surface area contributed by atoms with Crippen LogP contribution in [0.1, 0.15) is 5.56 Å². The molecule has 0 aliphatic rings. The van der Waals surface area contributed by atoms with E-state index in [9.17, 15) is 13.2 Å². The molecule has 1 nitrogen and oxygen atoms in total. The molecule has 0 fully saturated rings. The molecule has 0 saturated carbocycles.